The normalized spacial score (nSPS) is 11.7. The molecule has 1 N–H and O–H groups in total. The fraction of sp³-hybridized carbons (Fsp3) is 0.350. The van der Waals surface area contributed by atoms with Crippen molar-refractivity contribution in [3.8, 4) is 0 Å². The van der Waals surface area contributed by atoms with Gasteiger partial charge < -0.3 is 9.88 Å². The molecule has 0 radical (unpaired) electrons. The van der Waals surface area contributed by atoms with E-state index < -0.39 is 0 Å². The summed E-state index contributed by atoms with van der Waals surface area (Å²) in [5.41, 5.74) is 4.13. The van der Waals surface area contributed by atoms with Crippen LogP contribution in [-0.2, 0) is 11.3 Å². The van der Waals surface area contributed by atoms with Crippen molar-refractivity contribution in [3.05, 3.63) is 53.8 Å². The van der Waals surface area contributed by atoms with Gasteiger partial charge in [0, 0.05) is 41.3 Å². The number of ketones is 1. The Morgan fingerprint density at radius 3 is 2.70 bits per heavy atom. The van der Waals surface area contributed by atoms with E-state index >= 15 is 0 Å². The van der Waals surface area contributed by atoms with Crippen molar-refractivity contribution in [1.29, 1.82) is 0 Å². The van der Waals surface area contributed by atoms with Gasteiger partial charge in [0.25, 0.3) is 0 Å². The molecule has 3 heteroatoms. The van der Waals surface area contributed by atoms with Crippen LogP contribution in [0.25, 0.3) is 17.0 Å². The van der Waals surface area contributed by atoms with Gasteiger partial charge in [-0.2, -0.15) is 0 Å². The molecular weight excluding hydrogens is 284 g/mol. The van der Waals surface area contributed by atoms with Gasteiger partial charge >= 0.3 is 0 Å². The molecule has 0 aliphatic rings. The maximum absolute atomic E-state index is 11.4. The maximum Gasteiger partial charge on any atom is 0.159 e. The van der Waals surface area contributed by atoms with Crippen molar-refractivity contribution in [2.75, 3.05) is 6.54 Å². The molecule has 1 heterocycles. The predicted octanol–water partition coefficient (Wildman–Crippen LogP) is 4.11. The molecule has 0 saturated heterocycles. The van der Waals surface area contributed by atoms with Crippen LogP contribution in [0.2, 0.25) is 0 Å². The number of aromatic nitrogens is 1. The molecule has 0 aliphatic carbocycles. The van der Waals surface area contributed by atoms with E-state index in [9.17, 15) is 4.79 Å². The smallest absolute Gasteiger partial charge is 0.159 e. The summed E-state index contributed by atoms with van der Waals surface area (Å²) >= 11 is 0. The minimum Gasteiger partial charge on any atom is -0.339 e. The number of fused-ring (bicyclic) bond motifs is 1. The number of nitrogens with one attached hydrogen (secondary N) is 1. The van der Waals surface area contributed by atoms with Gasteiger partial charge in [-0.25, -0.2) is 0 Å². The van der Waals surface area contributed by atoms with Crippen LogP contribution in [0.5, 0.6) is 0 Å². The Labute approximate surface area is 138 Å². The zero-order valence-electron chi connectivity index (χ0n) is 14.5. The van der Waals surface area contributed by atoms with E-state index in [1.807, 2.05) is 12.2 Å². The van der Waals surface area contributed by atoms with Crippen molar-refractivity contribution in [1.82, 2.24) is 9.88 Å². The average molecular weight is 310 g/mol. The Morgan fingerprint density at radius 2 is 2.04 bits per heavy atom. The van der Waals surface area contributed by atoms with Crippen LogP contribution < -0.4 is 5.32 Å². The molecule has 0 aliphatic heterocycles. The van der Waals surface area contributed by atoms with Crippen molar-refractivity contribution < 1.29 is 4.79 Å². The lowest BCUT2D eigenvalue weighted by Gasteiger charge is -2.12. The molecule has 0 fully saturated rings. The molecule has 3 nitrogen and oxygen atoms in total. The van der Waals surface area contributed by atoms with Crippen molar-refractivity contribution in [3.63, 3.8) is 0 Å². The molecule has 0 amide bonds. The van der Waals surface area contributed by atoms with E-state index in [1.165, 1.54) is 16.5 Å². The number of hydrogen-bond acceptors (Lipinski definition) is 2. The van der Waals surface area contributed by atoms with Gasteiger partial charge in [-0.05, 0) is 37.6 Å². The number of rotatable bonds is 7. The molecule has 0 saturated carbocycles. The van der Waals surface area contributed by atoms with Gasteiger partial charge in [0.15, 0.2) is 5.78 Å². The largest absolute Gasteiger partial charge is 0.339 e. The van der Waals surface area contributed by atoms with Gasteiger partial charge in [0.2, 0.25) is 0 Å². The fourth-order valence-corrected chi connectivity index (χ4v) is 2.71. The molecule has 122 valence electrons. The molecule has 1 aromatic heterocycles. The standard InChI is InChI=1S/C20H26N2O/c1-14(2)21-12-13-22-19(11-10-15(3)17(5)23)16(4)18-8-6-7-9-20(18)22/h6-11,14,21H,3,12-13H2,1-2,4-5H3/b11-10-. The van der Waals surface area contributed by atoms with Crippen LogP contribution in [0.3, 0.4) is 0 Å². The molecule has 0 bridgehead atoms. The SMILES string of the molecule is C=C(/C=C\c1c(C)c2ccccc2n1CCNC(C)C)C(C)=O. The minimum absolute atomic E-state index is 0.00281. The second kappa shape index (κ2) is 7.42. The first-order valence-corrected chi connectivity index (χ1v) is 8.11. The number of Topliss-reactive ketones (excluding diaryl/α,β-unsaturated/α-hetero) is 1. The molecule has 2 rings (SSSR count). The highest BCUT2D eigenvalue weighted by atomic mass is 16.1. The van der Waals surface area contributed by atoms with E-state index in [4.69, 9.17) is 0 Å². The number of para-hydroxylation sites is 1. The first-order valence-electron chi connectivity index (χ1n) is 8.11. The Hall–Kier alpha value is -2.13. The summed E-state index contributed by atoms with van der Waals surface area (Å²) in [7, 11) is 0. The summed E-state index contributed by atoms with van der Waals surface area (Å²) < 4.78 is 2.31. The van der Waals surface area contributed by atoms with Crippen molar-refractivity contribution in [2.24, 2.45) is 0 Å². The third-order valence-electron chi connectivity index (χ3n) is 4.06. The molecule has 0 unspecified atom stereocenters. The second-order valence-electron chi connectivity index (χ2n) is 6.20. The maximum atomic E-state index is 11.4. The Balaban J connectivity index is 2.42. The summed E-state index contributed by atoms with van der Waals surface area (Å²) in [6.45, 7) is 13.6. The number of allylic oxidation sites excluding steroid dienone is 2. The third kappa shape index (κ3) is 3.99. The molecule has 2 aromatic rings. The zero-order chi connectivity index (χ0) is 17.0. The van der Waals surface area contributed by atoms with Gasteiger partial charge in [-0.15, -0.1) is 0 Å². The lowest BCUT2D eigenvalue weighted by atomic mass is 10.1. The van der Waals surface area contributed by atoms with E-state index in [2.05, 4.69) is 61.5 Å². The highest BCUT2D eigenvalue weighted by Gasteiger charge is 2.11. The first kappa shape index (κ1) is 17.2. The Morgan fingerprint density at radius 1 is 1.35 bits per heavy atom. The summed E-state index contributed by atoms with van der Waals surface area (Å²) in [5.74, 6) is 0.00281. The first-order chi connectivity index (χ1) is 10.9. The quantitative estimate of drug-likeness (QED) is 0.617. The lowest BCUT2D eigenvalue weighted by Crippen LogP contribution is -2.26. The lowest BCUT2D eigenvalue weighted by molar-refractivity contribution is -0.113. The Bertz CT molecular complexity index is 750. The summed E-state index contributed by atoms with van der Waals surface area (Å²) in [6, 6.07) is 8.89. The molecule has 1 aromatic carbocycles. The van der Waals surface area contributed by atoms with Crippen molar-refractivity contribution in [2.45, 2.75) is 40.3 Å². The number of benzene rings is 1. The van der Waals surface area contributed by atoms with Crippen LogP contribution in [0.15, 0.2) is 42.5 Å². The molecular formula is C20H26N2O. The van der Waals surface area contributed by atoms with Crippen LogP contribution in [-0.4, -0.2) is 22.9 Å². The van der Waals surface area contributed by atoms with Gasteiger partial charge in [-0.3, -0.25) is 4.79 Å². The van der Waals surface area contributed by atoms with E-state index in [-0.39, 0.29) is 5.78 Å². The Kier molecular flexibility index (Phi) is 5.56. The van der Waals surface area contributed by atoms with Crippen molar-refractivity contribution >= 4 is 22.8 Å². The van der Waals surface area contributed by atoms with E-state index in [0.29, 0.717) is 11.6 Å². The number of nitrogens with zero attached hydrogens (tertiary/aromatic N) is 1. The van der Waals surface area contributed by atoms with Gasteiger partial charge in [-0.1, -0.05) is 38.6 Å². The van der Waals surface area contributed by atoms with Gasteiger partial charge in [0.05, 0.1) is 0 Å². The minimum atomic E-state index is 0.00281. The van der Waals surface area contributed by atoms with Crippen LogP contribution in [0.4, 0.5) is 0 Å². The summed E-state index contributed by atoms with van der Waals surface area (Å²) in [4.78, 5) is 11.4. The zero-order valence-corrected chi connectivity index (χ0v) is 14.5. The third-order valence-corrected chi connectivity index (χ3v) is 4.06. The number of carbonyl (C=O) groups excluding carboxylic acids is 1. The van der Waals surface area contributed by atoms with Crippen LogP contribution >= 0.6 is 0 Å². The molecule has 0 atom stereocenters. The van der Waals surface area contributed by atoms with E-state index in [1.54, 1.807) is 6.92 Å². The predicted molar refractivity (Wildman–Crippen MR) is 98.7 cm³/mol. The number of aryl methyl sites for hydroxylation is 1. The topological polar surface area (TPSA) is 34.0 Å². The number of hydrogen-bond donors (Lipinski definition) is 1. The monoisotopic (exact) mass is 310 g/mol. The van der Waals surface area contributed by atoms with Gasteiger partial charge in [0.1, 0.15) is 0 Å². The second-order valence-corrected chi connectivity index (χ2v) is 6.20. The van der Waals surface area contributed by atoms with Crippen LogP contribution in [0.1, 0.15) is 32.0 Å². The number of carbonyl (C=O) groups is 1. The molecule has 23 heavy (non-hydrogen) atoms. The molecule has 0 spiro atoms. The summed E-state index contributed by atoms with van der Waals surface area (Å²) in [5, 5.41) is 4.72. The van der Waals surface area contributed by atoms with E-state index in [0.717, 1.165) is 18.8 Å². The highest BCUT2D eigenvalue weighted by Crippen LogP contribution is 2.26. The summed E-state index contributed by atoms with van der Waals surface area (Å²) in [6.07, 6.45) is 3.82. The van der Waals surface area contributed by atoms with Crippen LogP contribution in [0, 0.1) is 6.92 Å². The average Bonchev–Trinajstić information content (AvgIpc) is 2.77. The fourth-order valence-electron chi connectivity index (χ4n) is 2.71. The highest BCUT2D eigenvalue weighted by molar-refractivity contribution is 5.97.